The fourth-order valence-corrected chi connectivity index (χ4v) is 5.71. The summed E-state index contributed by atoms with van der Waals surface area (Å²) in [6, 6.07) is 0.679. The largest absolute Gasteiger partial charge is 0.368 e. The number of hydrogen-bond acceptors (Lipinski definition) is 4. The van der Waals surface area contributed by atoms with Crippen molar-refractivity contribution in [2.45, 2.75) is 108 Å². The number of carbonyl (C=O) groups is 2. The number of carbonyl (C=O) groups excluding carboxylic acids is 2. The molecule has 164 valence electrons. The summed E-state index contributed by atoms with van der Waals surface area (Å²) in [6.45, 7) is 1.45. The summed E-state index contributed by atoms with van der Waals surface area (Å²) in [5, 5.41) is 6.44. The van der Waals surface area contributed by atoms with Crippen LogP contribution in [0.5, 0.6) is 0 Å². The topological polar surface area (TPSA) is 76.7 Å². The van der Waals surface area contributed by atoms with Crippen molar-refractivity contribution in [1.82, 2.24) is 10.6 Å². The molecule has 0 radical (unpaired) electrons. The van der Waals surface area contributed by atoms with Gasteiger partial charge in [-0.1, -0.05) is 0 Å². The zero-order valence-corrected chi connectivity index (χ0v) is 17.7. The molecule has 0 aromatic rings. The number of amides is 2. The molecule has 0 aromatic carbocycles. The van der Waals surface area contributed by atoms with E-state index in [4.69, 9.17) is 9.47 Å². The second-order valence-electron chi connectivity index (χ2n) is 9.69. The van der Waals surface area contributed by atoms with Gasteiger partial charge in [-0.3, -0.25) is 9.59 Å². The first kappa shape index (κ1) is 21.1. The summed E-state index contributed by atoms with van der Waals surface area (Å²) >= 11 is 0. The van der Waals surface area contributed by atoms with Crippen molar-refractivity contribution in [2.75, 3.05) is 13.2 Å². The smallest absolute Gasteiger partial charge is 0.249 e. The summed E-state index contributed by atoms with van der Waals surface area (Å²) < 4.78 is 11.0. The van der Waals surface area contributed by atoms with Gasteiger partial charge in [-0.05, 0) is 95.3 Å². The molecule has 29 heavy (non-hydrogen) atoms. The number of hydrogen-bond donors (Lipinski definition) is 2. The lowest BCUT2D eigenvalue weighted by atomic mass is 9.75. The molecule has 2 aliphatic carbocycles. The third-order valence-corrected chi connectivity index (χ3v) is 7.50. The van der Waals surface area contributed by atoms with Crippen molar-refractivity contribution >= 4 is 11.8 Å². The minimum atomic E-state index is -0.205. The molecule has 4 fully saturated rings. The van der Waals surface area contributed by atoms with Crippen LogP contribution in [0.15, 0.2) is 0 Å². The van der Waals surface area contributed by atoms with E-state index in [9.17, 15) is 9.59 Å². The third-order valence-electron chi connectivity index (χ3n) is 7.50. The summed E-state index contributed by atoms with van der Waals surface area (Å²) in [5.41, 5.74) is 0. The van der Waals surface area contributed by atoms with Crippen LogP contribution in [0.1, 0.15) is 83.5 Å². The lowest BCUT2D eigenvalue weighted by molar-refractivity contribution is -0.131. The second kappa shape index (κ2) is 10.3. The van der Waals surface area contributed by atoms with Gasteiger partial charge in [-0.25, -0.2) is 0 Å². The molecule has 4 rings (SSSR count). The fourth-order valence-electron chi connectivity index (χ4n) is 5.71. The first-order valence-corrected chi connectivity index (χ1v) is 12.0. The van der Waals surface area contributed by atoms with Gasteiger partial charge in [-0.2, -0.15) is 0 Å². The molecular weight excluding hydrogens is 368 g/mol. The lowest BCUT2D eigenvalue weighted by Gasteiger charge is -2.35. The van der Waals surface area contributed by atoms with Crippen LogP contribution < -0.4 is 10.6 Å². The highest BCUT2D eigenvalue weighted by Crippen LogP contribution is 2.35. The van der Waals surface area contributed by atoms with Crippen LogP contribution >= 0.6 is 0 Å². The minimum absolute atomic E-state index is 0.106. The molecule has 2 saturated heterocycles. The normalized spacial score (nSPS) is 37.9. The average molecular weight is 407 g/mol. The fraction of sp³-hybridized carbons (Fsp3) is 0.913. The van der Waals surface area contributed by atoms with Gasteiger partial charge in [0.2, 0.25) is 11.8 Å². The maximum absolute atomic E-state index is 12.2. The van der Waals surface area contributed by atoms with Crippen LogP contribution in [0.4, 0.5) is 0 Å². The molecule has 4 aliphatic rings. The Labute approximate surface area is 174 Å². The number of nitrogens with one attached hydrogen (secondary N) is 2. The van der Waals surface area contributed by atoms with E-state index >= 15 is 0 Å². The molecule has 2 N–H and O–H groups in total. The van der Waals surface area contributed by atoms with Crippen LogP contribution in [0.2, 0.25) is 0 Å². The highest BCUT2D eigenvalue weighted by atomic mass is 16.5. The molecule has 2 atom stereocenters. The molecule has 0 aromatic heterocycles. The minimum Gasteiger partial charge on any atom is -0.368 e. The monoisotopic (exact) mass is 406 g/mol. The zero-order chi connectivity index (χ0) is 20.1. The number of rotatable bonds is 6. The van der Waals surface area contributed by atoms with Crippen LogP contribution in [0, 0.1) is 11.8 Å². The summed E-state index contributed by atoms with van der Waals surface area (Å²) in [4.78, 5) is 24.5. The van der Waals surface area contributed by atoms with Crippen LogP contribution in [0.3, 0.4) is 0 Å². The Balaban J connectivity index is 1.10. The average Bonchev–Trinajstić information content (AvgIpc) is 3.45. The maximum Gasteiger partial charge on any atom is 0.249 e. The molecule has 2 unspecified atom stereocenters. The Morgan fingerprint density at radius 2 is 1.03 bits per heavy atom. The Kier molecular flexibility index (Phi) is 7.46. The maximum atomic E-state index is 12.2. The van der Waals surface area contributed by atoms with Crippen molar-refractivity contribution in [3.05, 3.63) is 0 Å². The summed E-state index contributed by atoms with van der Waals surface area (Å²) in [6.07, 6.45) is 14.0. The van der Waals surface area contributed by atoms with Crippen molar-refractivity contribution < 1.29 is 19.1 Å². The van der Waals surface area contributed by atoms with E-state index in [1.807, 2.05) is 0 Å². The first-order chi connectivity index (χ1) is 14.2. The van der Waals surface area contributed by atoms with E-state index in [0.717, 1.165) is 76.4 Å². The SMILES string of the molecule is O=C(NC1CCC(CC2CCC(NC(=O)C3CCCO3)CC2)CC1)C1CCCO1. The molecule has 2 heterocycles. The van der Waals surface area contributed by atoms with E-state index in [1.165, 1.54) is 32.1 Å². The van der Waals surface area contributed by atoms with Gasteiger partial charge in [-0.15, -0.1) is 0 Å². The van der Waals surface area contributed by atoms with Gasteiger partial charge in [0.25, 0.3) is 0 Å². The molecule has 0 spiro atoms. The third kappa shape index (κ3) is 5.94. The first-order valence-electron chi connectivity index (χ1n) is 12.0. The Bertz CT molecular complexity index is 493. The van der Waals surface area contributed by atoms with Crippen molar-refractivity contribution in [1.29, 1.82) is 0 Å². The molecular formula is C23H38N2O4. The molecule has 0 bridgehead atoms. The van der Waals surface area contributed by atoms with E-state index in [-0.39, 0.29) is 24.0 Å². The van der Waals surface area contributed by atoms with Gasteiger partial charge in [0.1, 0.15) is 12.2 Å². The Morgan fingerprint density at radius 3 is 1.38 bits per heavy atom. The van der Waals surface area contributed by atoms with Gasteiger partial charge in [0, 0.05) is 25.3 Å². The highest BCUT2D eigenvalue weighted by Gasteiger charge is 2.31. The standard InChI is InChI=1S/C23H38N2O4/c26-22(20-3-1-13-28-20)24-18-9-5-16(6-10-18)15-17-7-11-19(12-8-17)25-23(27)21-4-2-14-29-21/h16-21H,1-15H2,(H,24,26)(H,25,27). The van der Waals surface area contributed by atoms with Crippen LogP contribution in [-0.4, -0.2) is 49.3 Å². The van der Waals surface area contributed by atoms with Crippen molar-refractivity contribution in [3.63, 3.8) is 0 Å². The van der Waals surface area contributed by atoms with Crippen LogP contribution in [-0.2, 0) is 19.1 Å². The predicted octanol–water partition coefficient (Wildman–Crippen LogP) is 3.08. The van der Waals surface area contributed by atoms with Crippen molar-refractivity contribution in [3.8, 4) is 0 Å². The number of ether oxygens (including phenoxy) is 2. The Morgan fingerprint density at radius 1 is 0.621 bits per heavy atom. The van der Waals surface area contributed by atoms with E-state index in [2.05, 4.69) is 10.6 Å². The van der Waals surface area contributed by atoms with Crippen LogP contribution in [0.25, 0.3) is 0 Å². The Hall–Kier alpha value is -1.14. The lowest BCUT2D eigenvalue weighted by Crippen LogP contribution is -2.43. The summed E-state index contributed by atoms with van der Waals surface area (Å²) in [7, 11) is 0. The van der Waals surface area contributed by atoms with Gasteiger partial charge in [0.15, 0.2) is 0 Å². The second-order valence-corrected chi connectivity index (χ2v) is 9.69. The molecule has 6 nitrogen and oxygen atoms in total. The predicted molar refractivity (Wildman–Crippen MR) is 110 cm³/mol. The van der Waals surface area contributed by atoms with Gasteiger partial charge >= 0.3 is 0 Å². The molecule has 6 heteroatoms. The molecule has 2 aliphatic heterocycles. The molecule has 2 amide bonds. The van der Waals surface area contributed by atoms with Gasteiger partial charge < -0.3 is 20.1 Å². The quantitative estimate of drug-likeness (QED) is 0.711. The van der Waals surface area contributed by atoms with E-state index in [1.54, 1.807) is 0 Å². The molecule has 2 saturated carbocycles. The van der Waals surface area contributed by atoms with Gasteiger partial charge in [0.05, 0.1) is 0 Å². The van der Waals surface area contributed by atoms with Crippen molar-refractivity contribution in [2.24, 2.45) is 11.8 Å². The summed E-state index contributed by atoms with van der Waals surface area (Å²) in [5.74, 6) is 1.81. The highest BCUT2D eigenvalue weighted by molar-refractivity contribution is 5.81. The zero-order valence-electron chi connectivity index (χ0n) is 17.7. The van der Waals surface area contributed by atoms with E-state index < -0.39 is 0 Å². The van der Waals surface area contributed by atoms with E-state index in [0.29, 0.717) is 12.1 Å².